The Hall–Kier alpha value is -3.02. The van der Waals surface area contributed by atoms with E-state index >= 15 is 0 Å². The number of nitrogens with zero attached hydrogens (tertiary/aromatic N) is 3. The molecule has 0 aliphatic carbocycles. The average molecular weight is 420 g/mol. The third-order valence-corrected chi connectivity index (χ3v) is 4.84. The maximum absolute atomic E-state index is 13.6. The highest BCUT2D eigenvalue weighted by molar-refractivity contribution is 5.95. The van der Waals surface area contributed by atoms with Gasteiger partial charge in [0.1, 0.15) is 11.7 Å². The van der Waals surface area contributed by atoms with Gasteiger partial charge in [-0.15, -0.1) is 0 Å². The standard InChI is InChI=1S/C21H23F3N4O2/c1-20(2,3)30-19(29)27-15-9-14(21(22,23)24)11-28(12-15)17-7-6-13(10-25)18-16(17)5-4-8-26-18/h4-8,14-15H,9,11-12H2,1-3H3,(H,27,29)/t14-,15+/m1/s1. The fraction of sp³-hybridized carbons (Fsp3) is 0.476. The minimum Gasteiger partial charge on any atom is -0.444 e. The first-order valence-corrected chi connectivity index (χ1v) is 9.57. The Bertz CT molecular complexity index is 979. The predicted octanol–water partition coefficient (Wildman–Crippen LogP) is 4.39. The van der Waals surface area contributed by atoms with Crippen molar-refractivity contribution < 1.29 is 22.7 Å². The van der Waals surface area contributed by atoms with Crippen LogP contribution >= 0.6 is 0 Å². The number of alkyl carbamates (subject to hydrolysis) is 1. The topological polar surface area (TPSA) is 78.2 Å². The van der Waals surface area contributed by atoms with Gasteiger partial charge in [0, 0.05) is 30.4 Å². The smallest absolute Gasteiger partial charge is 0.407 e. The second-order valence-electron chi connectivity index (χ2n) is 8.37. The second-order valence-corrected chi connectivity index (χ2v) is 8.37. The molecule has 9 heteroatoms. The number of benzene rings is 1. The van der Waals surface area contributed by atoms with E-state index in [-0.39, 0.29) is 19.5 Å². The minimum absolute atomic E-state index is 0.182. The van der Waals surface area contributed by atoms with Crippen molar-refractivity contribution in [3.05, 3.63) is 36.0 Å². The predicted molar refractivity (Wildman–Crippen MR) is 106 cm³/mol. The summed E-state index contributed by atoms with van der Waals surface area (Å²) in [5.74, 6) is -1.62. The fourth-order valence-electron chi connectivity index (χ4n) is 3.64. The largest absolute Gasteiger partial charge is 0.444 e. The highest BCUT2D eigenvalue weighted by atomic mass is 19.4. The maximum Gasteiger partial charge on any atom is 0.407 e. The first-order chi connectivity index (χ1) is 14.0. The number of fused-ring (bicyclic) bond motifs is 1. The summed E-state index contributed by atoms with van der Waals surface area (Å²) < 4.78 is 46.1. The molecule has 6 nitrogen and oxygen atoms in total. The molecule has 160 valence electrons. The van der Waals surface area contributed by atoms with E-state index in [0.717, 1.165) is 0 Å². The Morgan fingerprint density at radius 1 is 1.27 bits per heavy atom. The fourth-order valence-corrected chi connectivity index (χ4v) is 3.64. The van der Waals surface area contributed by atoms with Crippen molar-refractivity contribution in [3.8, 4) is 6.07 Å². The maximum atomic E-state index is 13.6. The molecule has 0 spiro atoms. The van der Waals surface area contributed by atoms with E-state index in [1.807, 2.05) is 0 Å². The summed E-state index contributed by atoms with van der Waals surface area (Å²) in [5.41, 5.74) is 0.573. The quantitative estimate of drug-likeness (QED) is 0.780. The summed E-state index contributed by atoms with van der Waals surface area (Å²) in [6.07, 6.45) is -3.85. The zero-order valence-electron chi connectivity index (χ0n) is 17.0. The minimum atomic E-state index is -4.41. The van der Waals surface area contributed by atoms with Crippen LogP contribution in [0.3, 0.4) is 0 Å². The molecule has 1 fully saturated rings. The molecule has 2 atom stereocenters. The van der Waals surface area contributed by atoms with Crippen LogP contribution in [0.1, 0.15) is 32.8 Å². The summed E-state index contributed by atoms with van der Waals surface area (Å²) in [6.45, 7) is 5.00. The van der Waals surface area contributed by atoms with Gasteiger partial charge < -0.3 is 15.0 Å². The monoisotopic (exact) mass is 420 g/mol. The average Bonchev–Trinajstić information content (AvgIpc) is 2.64. The molecule has 1 aliphatic heterocycles. The summed E-state index contributed by atoms with van der Waals surface area (Å²) >= 11 is 0. The van der Waals surface area contributed by atoms with Crippen LogP contribution in [0.4, 0.5) is 23.7 Å². The third-order valence-electron chi connectivity index (χ3n) is 4.84. The molecule has 2 heterocycles. The van der Waals surface area contributed by atoms with E-state index in [1.54, 1.807) is 49.9 Å². The van der Waals surface area contributed by atoms with Crippen LogP contribution in [0.15, 0.2) is 30.5 Å². The van der Waals surface area contributed by atoms with Crippen LogP contribution in [-0.2, 0) is 4.74 Å². The molecular weight excluding hydrogens is 397 g/mol. The van der Waals surface area contributed by atoms with Crippen molar-refractivity contribution in [2.45, 2.75) is 45.0 Å². The normalized spacial score (nSPS) is 20.0. The van der Waals surface area contributed by atoms with Crippen LogP contribution in [0, 0.1) is 17.2 Å². The van der Waals surface area contributed by atoms with E-state index in [9.17, 15) is 23.2 Å². The molecule has 1 amide bonds. The number of ether oxygens (including phenoxy) is 1. The first kappa shape index (κ1) is 21.7. The van der Waals surface area contributed by atoms with Gasteiger partial charge >= 0.3 is 12.3 Å². The van der Waals surface area contributed by atoms with Crippen molar-refractivity contribution in [1.82, 2.24) is 10.3 Å². The van der Waals surface area contributed by atoms with Crippen molar-refractivity contribution in [2.75, 3.05) is 18.0 Å². The van der Waals surface area contributed by atoms with Gasteiger partial charge in [-0.2, -0.15) is 18.4 Å². The van der Waals surface area contributed by atoms with Crippen molar-refractivity contribution in [3.63, 3.8) is 0 Å². The number of piperidine rings is 1. The third kappa shape index (κ3) is 4.93. The van der Waals surface area contributed by atoms with Crippen LogP contribution in [0.2, 0.25) is 0 Å². The number of rotatable bonds is 2. The lowest BCUT2D eigenvalue weighted by molar-refractivity contribution is -0.177. The van der Waals surface area contributed by atoms with Crippen LogP contribution in [-0.4, -0.2) is 42.0 Å². The summed E-state index contributed by atoms with van der Waals surface area (Å²) in [6, 6.07) is 7.90. The first-order valence-electron chi connectivity index (χ1n) is 9.57. The number of pyridine rings is 1. The lowest BCUT2D eigenvalue weighted by Gasteiger charge is -2.40. The van der Waals surface area contributed by atoms with E-state index in [1.165, 1.54) is 6.20 Å². The molecule has 1 aliphatic rings. The molecule has 0 radical (unpaired) electrons. The van der Waals surface area contributed by atoms with Gasteiger partial charge in [-0.1, -0.05) is 0 Å². The number of aromatic nitrogens is 1. The van der Waals surface area contributed by atoms with Gasteiger partial charge in [0.2, 0.25) is 0 Å². The number of hydrogen-bond donors (Lipinski definition) is 1. The molecule has 30 heavy (non-hydrogen) atoms. The molecule has 1 saturated heterocycles. The molecule has 0 saturated carbocycles. The SMILES string of the molecule is CC(C)(C)OC(=O)N[C@H]1C[C@@H](C(F)(F)F)CN(c2ccc(C#N)c3ncccc23)C1. The van der Waals surface area contributed by atoms with E-state index in [2.05, 4.69) is 16.4 Å². The van der Waals surface area contributed by atoms with Crippen LogP contribution in [0.25, 0.3) is 10.9 Å². The zero-order valence-corrected chi connectivity index (χ0v) is 17.0. The van der Waals surface area contributed by atoms with Crippen LogP contribution < -0.4 is 10.2 Å². The molecule has 0 bridgehead atoms. The van der Waals surface area contributed by atoms with Gasteiger partial charge in [-0.05, 0) is 51.5 Å². The van der Waals surface area contributed by atoms with Crippen molar-refractivity contribution in [1.29, 1.82) is 5.26 Å². The number of anilines is 1. The molecular formula is C21H23F3N4O2. The molecule has 3 rings (SSSR count). The number of nitriles is 1. The lowest BCUT2D eigenvalue weighted by Crippen LogP contribution is -2.54. The van der Waals surface area contributed by atoms with E-state index < -0.39 is 29.8 Å². The van der Waals surface area contributed by atoms with Crippen LogP contribution in [0.5, 0.6) is 0 Å². The number of amides is 1. The highest BCUT2D eigenvalue weighted by Gasteiger charge is 2.45. The van der Waals surface area contributed by atoms with Gasteiger partial charge in [-0.25, -0.2) is 4.79 Å². The highest BCUT2D eigenvalue weighted by Crippen LogP contribution is 2.37. The Labute approximate surface area is 172 Å². The summed E-state index contributed by atoms with van der Waals surface area (Å²) in [4.78, 5) is 18.0. The summed E-state index contributed by atoms with van der Waals surface area (Å²) in [5, 5.41) is 12.5. The van der Waals surface area contributed by atoms with E-state index in [0.29, 0.717) is 22.2 Å². The molecule has 1 N–H and O–H groups in total. The number of nitrogens with one attached hydrogen (secondary N) is 1. The number of carbonyl (C=O) groups is 1. The van der Waals surface area contributed by atoms with Crippen molar-refractivity contribution in [2.24, 2.45) is 5.92 Å². The Morgan fingerprint density at radius 2 is 2.00 bits per heavy atom. The van der Waals surface area contributed by atoms with Crippen molar-refractivity contribution >= 4 is 22.7 Å². The zero-order chi connectivity index (χ0) is 22.1. The Morgan fingerprint density at radius 3 is 2.63 bits per heavy atom. The molecule has 1 aromatic carbocycles. The second kappa shape index (κ2) is 8.01. The van der Waals surface area contributed by atoms with Gasteiger partial charge in [0.05, 0.1) is 23.0 Å². The molecule has 2 aromatic rings. The Balaban J connectivity index is 1.93. The van der Waals surface area contributed by atoms with Gasteiger partial charge in [0.15, 0.2) is 0 Å². The number of carbonyl (C=O) groups excluding carboxylic acids is 1. The number of alkyl halides is 3. The molecule has 1 aromatic heterocycles. The summed E-state index contributed by atoms with van der Waals surface area (Å²) in [7, 11) is 0. The molecule has 0 unspecified atom stereocenters. The van der Waals surface area contributed by atoms with Gasteiger partial charge in [0.25, 0.3) is 0 Å². The van der Waals surface area contributed by atoms with Gasteiger partial charge in [-0.3, -0.25) is 4.98 Å². The lowest BCUT2D eigenvalue weighted by atomic mass is 9.92. The number of hydrogen-bond acceptors (Lipinski definition) is 5. The number of halogens is 3. The Kier molecular flexibility index (Phi) is 5.79. The van der Waals surface area contributed by atoms with E-state index in [4.69, 9.17) is 4.74 Å².